The number of rotatable bonds is 5. The number of carboxylic acids is 1. The molecular weight excluding hydrogens is 294 g/mol. The van der Waals surface area contributed by atoms with Crippen molar-refractivity contribution in [1.82, 2.24) is 15.2 Å². The zero-order chi connectivity index (χ0) is 15.4. The summed E-state index contributed by atoms with van der Waals surface area (Å²) in [6.07, 6.45) is 2.79. The molecule has 2 rings (SSSR count). The van der Waals surface area contributed by atoms with E-state index in [1.165, 1.54) is 12.0 Å². The molecule has 21 heavy (non-hydrogen) atoms. The predicted molar refractivity (Wildman–Crippen MR) is 77.3 cm³/mol. The zero-order valence-corrected chi connectivity index (χ0v) is 12.9. The van der Waals surface area contributed by atoms with E-state index in [2.05, 4.69) is 10.3 Å². The molecule has 1 aliphatic rings. The SMILES string of the molecule is CCc1cnc(CNC(=O)N2CC(OC)CC2C(=O)O)s1. The molecule has 0 aliphatic carbocycles. The number of thiazole rings is 1. The number of hydrogen-bond donors (Lipinski definition) is 2. The first-order valence-electron chi connectivity index (χ1n) is 6.78. The Bertz CT molecular complexity index is 519. The lowest BCUT2D eigenvalue weighted by Crippen LogP contribution is -2.45. The number of carbonyl (C=O) groups is 2. The molecular formula is C13H19N3O4S. The molecule has 2 unspecified atom stereocenters. The van der Waals surface area contributed by atoms with Crippen LogP contribution in [0.1, 0.15) is 23.2 Å². The molecule has 1 fully saturated rings. The molecule has 0 spiro atoms. The van der Waals surface area contributed by atoms with E-state index in [1.54, 1.807) is 17.5 Å². The highest BCUT2D eigenvalue weighted by Gasteiger charge is 2.39. The summed E-state index contributed by atoms with van der Waals surface area (Å²) in [5.74, 6) is -1.01. The van der Waals surface area contributed by atoms with Crippen molar-refractivity contribution < 1.29 is 19.4 Å². The number of hydrogen-bond acceptors (Lipinski definition) is 5. The minimum Gasteiger partial charge on any atom is -0.480 e. The molecule has 1 saturated heterocycles. The zero-order valence-electron chi connectivity index (χ0n) is 12.0. The van der Waals surface area contributed by atoms with Crippen molar-refractivity contribution in [1.29, 1.82) is 0 Å². The van der Waals surface area contributed by atoms with Crippen molar-refractivity contribution in [2.75, 3.05) is 13.7 Å². The van der Waals surface area contributed by atoms with E-state index in [4.69, 9.17) is 4.74 Å². The third-order valence-corrected chi connectivity index (χ3v) is 4.62. The molecule has 2 atom stereocenters. The second-order valence-corrected chi connectivity index (χ2v) is 6.03. The van der Waals surface area contributed by atoms with Gasteiger partial charge in [0.15, 0.2) is 0 Å². The fourth-order valence-corrected chi connectivity index (χ4v) is 3.07. The third-order valence-electron chi connectivity index (χ3n) is 3.48. The first-order chi connectivity index (χ1) is 10.0. The van der Waals surface area contributed by atoms with Crippen molar-refractivity contribution >= 4 is 23.3 Å². The Balaban J connectivity index is 1.93. The van der Waals surface area contributed by atoms with Crippen LogP contribution in [-0.2, 0) is 22.5 Å². The molecule has 0 aromatic carbocycles. The number of nitrogens with zero attached hydrogens (tertiary/aromatic N) is 2. The normalized spacial score (nSPS) is 21.5. The van der Waals surface area contributed by atoms with Crippen LogP contribution in [0.15, 0.2) is 6.20 Å². The fraction of sp³-hybridized carbons (Fsp3) is 0.615. The Morgan fingerprint density at radius 1 is 1.62 bits per heavy atom. The van der Waals surface area contributed by atoms with Gasteiger partial charge in [0.25, 0.3) is 0 Å². The number of aromatic nitrogens is 1. The van der Waals surface area contributed by atoms with E-state index in [0.29, 0.717) is 13.0 Å². The summed E-state index contributed by atoms with van der Waals surface area (Å²) in [6.45, 7) is 2.64. The maximum absolute atomic E-state index is 12.1. The van der Waals surface area contributed by atoms with E-state index < -0.39 is 18.0 Å². The van der Waals surface area contributed by atoms with E-state index in [-0.39, 0.29) is 12.6 Å². The first-order valence-corrected chi connectivity index (χ1v) is 7.60. The van der Waals surface area contributed by atoms with Gasteiger partial charge < -0.3 is 20.1 Å². The van der Waals surface area contributed by atoms with E-state index >= 15 is 0 Å². The molecule has 0 saturated carbocycles. The quantitative estimate of drug-likeness (QED) is 0.849. The molecule has 8 heteroatoms. The van der Waals surface area contributed by atoms with Crippen LogP contribution in [0.25, 0.3) is 0 Å². The summed E-state index contributed by atoms with van der Waals surface area (Å²) in [7, 11) is 1.52. The van der Waals surface area contributed by atoms with Crippen LogP contribution in [-0.4, -0.2) is 52.8 Å². The minimum absolute atomic E-state index is 0.233. The highest BCUT2D eigenvalue weighted by Crippen LogP contribution is 2.20. The Morgan fingerprint density at radius 3 is 2.95 bits per heavy atom. The number of amides is 2. The standard InChI is InChI=1S/C13H19N3O4S/c1-3-9-5-14-11(21-9)6-15-13(19)16-7-8(20-2)4-10(16)12(17)18/h5,8,10H,3-4,6-7H2,1-2H3,(H,15,19)(H,17,18). The van der Waals surface area contributed by atoms with Gasteiger partial charge in [0.05, 0.1) is 12.6 Å². The lowest BCUT2D eigenvalue weighted by atomic mass is 10.2. The summed E-state index contributed by atoms with van der Waals surface area (Å²) in [4.78, 5) is 30.0. The van der Waals surface area contributed by atoms with E-state index in [9.17, 15) is 14.7 Å². The van der Waals surface area contributed by atoms with Crippen LogP contribution in [0.3, 0.4) is 0 Å². The Kier molecular flexibility index (Phi) is 5.13. The van der Waals surface area contributed by atoms with Gasteiger partial charge in [-0.1, -0.05) is 6.92 Å². The monoisotopic (exact) mass is 313 g/mol. The fourth-order valence-electron chi connectivity index (χ4n) is 2.27. The second-order valence-electron chi connectivity index (χ2n) is 4.83. The molecule has 2 heterocycles. The van der Waals surface area contributed by atoms with Crippen molar-refractivity contribution in [3.8, 4) is 0 Å². The van der Waals surface area contributed by atoms with Gasteiger partial charge in [-0.2, -0.15) is 0 Å². The summed E-state index contributed by atoms with van der Waals surface area (Å²) >= 11 is 1.54. The Labute approximate surface area is 126 Å². The Morgan fingerprint density at radius 2 is 2.38 bits per heavy atom. The van der Waals surface area contributed by atoms with E-state index in [1.807, 2.05) is 6.92 Å². The second kappa shape index (κ2) is 6.86. The summed E-state index contributed by atoms with van der Waals surface area (Å²) in [5.41, 5.74) is 0. The average molecular weight is 313 g/mol. The molecule has 116 valence electrons. The molecule has 0 bridgehead atoms. The highest BCUT2D eigenvalue weighted by molar-refractivity contribution is 7.11. The third kappa shape index (κ3) is 3.70. The lowest BCUT2D eigenvalue weighted by Gasteiger charge is -2.21. The van der Waals surface area contributed by atoms with Crippen LogP contribution in [0.5, 0.6) is 0 Å². The number of methoxy groups -OCH3 is 1. The van der Waals surface area contributed by atoms with Gasteiger partial charge in [0.2, 0.25) is 0 Å². The van der Waals surface area contributed by atoms with Crippen molar-refractivity contribution in [2.45, 2.75) is 38.5 Å². The van der Waals surface area contributed by atoms with Crippen LogP contribution in [0.2, 0.25) is 0 Å². The average Bonchev–Trinajstić information content (AvgIpc) is 3.11. The number of ether oxygens (including phenoxy) is 1. The van der Waals surface area contributed by atoms with E-state index in [0.717, 1.165) is 16.3 Å². The first kappa shape index (κ1) is 15.7. The number of carbonyl (C=O) groups excluding carboxylic acids is 1. The maximum Gasteiger partial charge on any atom is 0.326 e. The van der Waals surface area contributed by atoms with Crippen molar-refractivity contribution in [3.63, 3.8) is 0 Å². The van der Waals surface area contributed by atoms with Crippen LogP contribution >= 0.6 is 11.3 Å². The number of aliphatic carboxylic acids is 1. The number of likely N-dealkylation sites (tertiary alicyclic amines) is 1. The van der Waals surface area contributed by atoms with Gasteiger partial charge in [-0.05, 0) is 6.42 Å². The topological polar surface area (TPSA) is 91.8 Å². The van der Waals surface area contributed by atoms with Gasteiger partial charge in [0.1, 0.15) is 11.0 Å². The summed E-state index contributed by atoms with van der Waals surface area (Å²) in [6, 6.07) is -1.23. The summed E-state index contributed by atoms with van der Waals surface area (Å²) in [5, 5.41) is 12.7. The lowest BCUT2D eigenvalue weighted by molar-refractivity contribution is -0.141. The van der Waals surface area contributed by atoms with Gasteiger partial charge in [-0.25, -0.2) is 14.6 Å². The van der Waals surface area contributed by atoms with Crippen LogP contribution in [0.4, 0.5) is 4.79 Å². The number of urea groups is 1. The molecule has 1 aromatic heterocycles. The van der Waals surface area contributed by atoms with Gasteiger partial charge in [0, 0.05) is 31.1 Å². The molecule has 1 aliphatic heterocycles. The number of aryl methyl sites for hydroxylation is 1. The van der Waals surface area contributed by atoms with Crippen molar-refractivity contribution in [2.24, 2.45) is 0 Å². The molecule has 2 N–H and O–H groups in total. The Hall–Kier alpha value is -1.67. The van der Waals surface area contributed by atoms with Gasteiger partial charge >= 0.3 is 12.0 Å². The minimum atomic E-state index is -1.01. The van der Waals surface area contributed by atoms with Gasteiger partial charge in [-0.15, -0.1) is 11.3 Å². The molecule has 1 aromatic rings. The maximum atomic E-state index is 12.1. The van der Waals surface area contributed by atoms with Crippen LogP contribution < -0.4 is 5.32 Å². The molecule has 7 nitrogen and oxygen atoms in total. The van der Waals surface area contributed by atoms with Gasteiger partial charge in [-0.3, -0.25) is 0 Å². The molecule has 2 amide bonds. The highest BCUT2D eigenvalue weighted by atomic mass is 32.1. The molecule has 0 radical (unpaired) electrons. The van der Waals surface area contributed by atoms with Crippen molar-refractivity contribution in [3.05, 3.63) is 16.1 Å². The smallest absolute Gasteiger partial charge is 0.326 e. The number of carboxylic acid groups (broad SMARTS) is 1. The summed E-state index contributed by atoms with van der Waals surface area (Å²) < 4.78 is 5.16. The van der Waals surface area contributed by atoms with Crippen LogP contribution in [0, 0.1) is 0 Å². The number of nitrogens with one attached hydrogen (secondary N) is 1. The largest absolute Gasteiger partial charge is 0.480 e. The predicted octanol–water partition coefficient (Wildman–Crippen LogP) is 1.09.